The fourth-order valence-corrected chi connectivity index (χ4v) is 1.38. The van der Waals surface area contributed by atoms with Crippen LogP contribution in [-0.2, 0) is 9.53 Å². The van der Waals surface area contributed by atoms with Gasteiger partial charge in [0.25, 0.3) is 0 Å². The zero-order valence-corrected chi connectivity index (χ0v) is 7.80. The molecule has 12 heavy (non-hydrogen) atoms. The zero-order chi connectivity index (χ0) is 8.97. The Hall–Kier alpha value is -0.570. The SMILES string of the molecule is CCCNC(=O)C1OCCC1C. The standard InChI is InChI=1S/C9H17NO2/c1-3-5-10-9(11)8-7(2)4-6-12-8/h7-8H,3-6H2,1-2H3,(H,10,11). The van der Waals surface area contributed by atoms with Crippen LogP contribution >= 0.6 is 0 Å². The Balaban J connectivity index is 2.30. The van der Waals surface area contributed by atoms with E-state index in [2.05, 4.69) is 12.2 Å². The zero-order valence-electron chi connectivity index (χ0n) is 7.80. The van der Waals surface area contributed by atoms with E-state index in [-0.39, 0.29) is 12.0 Å². The van der Waals surface area contributed by atoms with Crippen molar-refractivity contribution in [1.29, 1.82) is 0 Å². The number of amides is 1. The molecule has 1 fully saturated rings. The Labute approximate surface area is 73.5 Å². The first-order valence-electron chi connectivity index (χ1n) is 4.65. The lowest BCUT2D eigenvalue weighted by Gasteiger charge is -2.13. The van der Waals surface area contributed by atoms with Gasteiger partial charge in [-0.2, -0.15) is 0 Å². The lowest BCUT2D eigenvalue weighted by atomic mass is 10.0. The first-order chi connectivity index (χ1) is 5.75. The predicted molar refractivity (Wildman–Crippen MR) is 46.8 cm³/mol. The summed E-state index contributed by atoms with van der Waals surface area (Å²) in [4.78, 5) is 11.4. The maximum Gasteiger partial charge on any atom is 0.249 e. The van der Waals surface area contributed by atoms with Crippen LogP contribution in [0, 0.1) is 5.92 Å². The molecule has 2 atom stereocenters. The smallest absolute Gasteiger partial charge is 0.249 e. The summed E-state index contributed by atoms with van der Waals surface area (Å²) < 4.78 is 5.31. The van der Waals surface area contributed by atoms with Crippen LogP contribution in [0.15, 0.2) is 0 Å². The lowest BCUT2D eigenvalue weighted by molar-refractivity contribution is -0.131. The van der Waals surface area contributed by atoms with Crippen LogP contribution in [0.5, 0.6) is 0 Å². The maximum absolute atomic E-state index is 11.4. The largest absolute Gasteiger partial charge is 0.368 e. The molecule has 0 saturated carbocycles. The van der Waals surface area contributed by atoms with Crippen LogP contribution in [-0.4, -0.2) is 25.2 Å². The highest BCUT2D eigenvalue weighted by atomic mass is 16.5. The van der Waals surface area contributed by atoms with Gasteiger partial charge in [0.2, 0.25) is 5.91 Å². The van der Waals surface area contributed by atoms with Gasteiger partial charge in [0.1, 0.15) is 6.10 Å². The minimum atomic E-state index is -0.198. The molecule has 1 heterocycles. The van der Waals surface area contributed by atoms with E-state index in [1.807, 2.05) is 6.92 Å². The van der Waals surface area contributed by atoms with Crippen LogP contribution in [0.25, 0.3) is 0 Å². The average Bonchev–Trinajstić information content (AvgIpc) is 2.47. The van der Waals surface area contributed by atoms with Crippen LogP contribution in [0.2, 0.25) is 0 Å². The molecule has 0 aliphatic carbocycles. The van der Waals surface area contributed by atoms with Gasteiger partial charge < -0.3 is 10.1 Å². The molecule has 0 spiro atoms. The van der Waals surface area contributed by atoms with Crippen LogP contribution in [0.3, 0.4) is 0 Å². The Kier molecular flexibility index (Phi) is 3.53. The molecule has 0 aromatic heterocycles. The monoisotopic (exact) mass is 171 g/mol. The first-order valence-corrected chi connectivity index (χ1v) is 4.65. The molecule has 0 radical (unpaired) electrons. The second-order valence-electron chi connectivity index (χ2n) is 3.35. The number of hydrogen-bond acceptors (Lipinski definition) is 2. The molecule has 0 bridgehead atoms. The van der Waals surface area contributed by atoms with Crippen molar-refractivity contribution in [1.82, 2.24) is 5.32 Å². The van der Waals surface area contributed by atoms with Crippen molar-refractivity contribution in [3.63, 3.8) is 0 Å². The summed E-state index contributed by atoms with van der Waals surface area (Å²) in [5, 5.41) is 2.84. The van der Waals surface area contributed by atoms with E-state index < -0.39 is 0 Å². The topological polar surface area (TPSA) is 38.3 Å². The minimum Gasteiger partial charge on any atom is -0.368 e. The molecule has 1 amide bonds. The van der Waals surface area contributed by atoms with Crippen molar-refractivity contribution in [3.05, 3.63) is 0 Å². The highest BCUT2D eigenvalue weighted by Crippen LogP contribution is 2.19. The van der Waals surface area contributed by atoms with Crippen molar-refractivity contribution >= 4 is 5.91 Å². The van der Waals surface area contributed by atoms with Gasteiger partial charge in [-0.05, 0) is 18.8 Å². The number of carbonyl (C=O) groups is 1. The van der Waals surface area contributed by atoms with Gasteiger partial charge in [0.05, 0.1) is 0 Å². The minimum absolute atomic E-state index is 0.0573. The van der Waals surface area contributed by atoms with Crippen LogP contribution < -0.4 is 5.32 Å². The van der Waals surface area contributed by atoms with E-state index >= 15 is 0 Å². The molecule has 1 rings (SSSR count). The third-order valence-electron chi connectivity index (χ3n) is 2.20. The van der Waals surface area contributed by atoms with Gasteiger partial charge in [-0.3, -0.25) is 4.79 Å². The first kappa shape index (κ1) is 9.52. The summed E-state index contributed by atoms with van der Waals surface area (Å²) in [7, 11) is 0. The summed E-state index contributed by atoms with van der Waals surface area (Å²) in [5.41, 5.74) is 0. The van der Waals surface area contributed by atoms with E-state index in [0.29, 0.717) is 5.92 Å². The summed E-state index contributed by atoms with van der Waals surface area (Å²) in [6.07, 6.45) is 1.79. The van der Waals surface area contributed by atoms with E-state index in [0.717, 1.165) is 26.0 Å². The fraction of sp³-hybridized carbons (Fsp3) is 0.889. The molecule has 2 unspecified atom stereocenters. The quantitative estimate of drug-likeness (QED) is 0.686. The third kappa shape index (κ3) is 2.21. The predicted octanol–water partition coefficient (Wildman–Crippen LogP) is 0.938. The van der Waals surface area contributed by atoms with Gasteiger partial charge in [0, 0.05) is 13.2 Å². The van der Waals surface area contributed by atoms with E-state index in [1.165, 1.54) is 0 Å². The lowest BCUT2D eigenvalue weighted by Crippen LogP contribution is -2.37. The second kappa shape index (κ2) is 4.45. The Morgan fingerprint density at radius 3 is 2.92 bits per heavy atom. The number of carbonyl (C=O) groups excluding carboxylic acids is 1. The Morgan fingerprint density at radius 1 is 1.67 bits per heavy atom. The van der Waals surface area contributed by atoms with E-state index in [9.17, 15) is 4.79 Å². The summed E-state index contributed by atoms with van der Waals surface area (Å²) in [6.45, 7) is 5.58. The van der Waals surface area contributed by atoms with Gasteiger partial charge in [0.15, 0.2) is 0 Å². The average molecular weight is 171 g/mol. The van der Waals surface area contributed by atoms with Crippen molar-refractivity contribution in [2.75, 3.05) is 13.2 Å². The number of nitrogens with one attached hydrogen (secondary N) is 1. The summed E-state index contributed by atoms with van der Waals surface area (Å²) in [6, 6.07) is 0. The van der Waals surface area contributed by atoms with Crippen molar-refractivity contribution < 1.29 is 9.53 Å². The second-order valence-corrected chi connectivity index (χ2v) is 3.35. The summed E-state index contributed by atoms with van der Waals surface area (Å²) in [5.74, 6) is 0.434. The van der Waals surface area contributed by atoms with Crippen LogP contribution in [0.1, 0.15) is 26.7 Å². The highest BCUT2D eigenvalue weighted by Gasteiger charge is 2.30. The molecule has 1 aliphatic rings. The maximum atomic E-state index is 11.4. The molecule has 0 aromatic carbocycles. The summed E-state index contributed by atoms with van der Waals surface area (Å²) >= 11 is 0. The molecular formula is C9H17NO2. The van der Waals surface area contributed by atoms with Crippen molar-refractivity contribution in [2.45, 2.75) is 32.8 Å². The van der Waals surface area contributed by atoms with Gasteiger partial charge in [-0.15, -0.1) is 0 Å². The molecule has 70 valence electrons. The third-order valence-corrected chi connectivity index (χ3v) is 2.20. The molecule has 3 heteroatoms. The van der Waals surface area contributed by atoms with Crippen molar-refractivity contribution in [3.8, 4) is 0 Å². The number of hydrogen-bond donors (Lipinski definition) is 1. The number of ether oxygens (including phenoxy) is 1. The van der Waals surface area contributed by atoms with Gasteiger partial charge in [-0.1, -0.05) is 13.8 Å². The molecule has 0 aromatic rings. The Bertz CT molecular complexity index is 159. The Morgan fingerprint density at radius 2 is 2.42 bits per heavy atom. The normalized spacial score (nSPS) is 28.8. The molecular weight excluding hydrogens is 154 g/mol. The van der Waals surface area contributed by atoms with Crippen LogP contribution in [0.4, 0.5) is 0 Å². The molecule has 3 nitrogen and oxygen atoms in total. The van der Waals surface area contributed by atoms with Gasteiger partial charge >= 0.3 is 0 Å². The molecule has 1 saturated heterocycles. The van der Waals surface area contributed by atoms with E-state index in [4.69, 9.17) is 4.74 Å². The fourth-order valence-electron chi connectivity index (χ4n) is 1.38. The number of rotatable bonds is 3. The highest BCUT2D eigenvalue weighted by molar-refractivity contribution is 5.81. The molecule has 1 aliphatic heterocycles. The van der Waals surface area contributed by atoms with Gasteiger partial charge in [-0.25, -0.2) is 0 Å². The van der Waals surface area contributed by atoms with Crippen molar-refractivity contribution in [2.24, 2.45) is 5.92 Å². The molecule has 1 N–H and O–H groups in total. The van der Waals surface area contributed by atoms with E-state index in [1.54, 1.807) is 0 Å².